The first kappa shape index (κ1) is 14.0. The predicted molar refractivity (Wildman–Crippen MR) is 74.9 cm³/mol. The Morgan fingerprint density at radius 1 is 1.05 bits per heavy atom. The summed E-state index contributed by atoms with van der Waals surface area (Å²) in [7, 11) is 3.05. The Hall–Kier alpha value is -2.43. The lowest BCUT2D eigenvalue weighted by atomic mass is 10.2. The second-order valence-corrected chi connectivity index (χ2v) is 4.19. The summed E-state index contributed by atoms with van der Waals surface area (Å²) in [4.78, 5) is 0. The molecule has 0 radical (unpaired) electrons. The number of phenolic OH excluding ortho intramolecular Hbond substituents is 1. The average molecular weight is 277 g/mol. The van der Waals surface area contributed by atoms with E-state index in [1.54, 1.807) is 24.3 Å². The Morgan fingerprint density at radius 2 is 1.70 bits per heavy atom. The summed E-state index contributed by atoms with van der Waals surface area (Å²) in [5, 5.41) is 12.8. The molecule has 0 unspecified atom stereocenters. The van der Waals surface area contributed by atoms with Crippen LogP contribution in [0.25, 0.3) is 0 Å². The number of nitrogens with one attached hydrogen (secondary N) is 1. The molecule has 106 valence electrons. The molecule has 0 aliphatic heterocycles. The Balaban J connectivity index is 2.12. The second-order valence-electron chi connectivity index (χ2n) is 4.19. The van der Waals surface area contributed by atoms with Crippen LogP contribution in [0.15, 0.2) is 36.4 Å². The van der Waals surface area contributed by atoms with Gasteiger partial charge >= 0.3 is 0 Å². The van der Waals surface area contributed by atoms with Crippen LogP contribution < -0.4 is 14.8 Å². The maximum atomic E-state index is 13.6. The maximum Gasteiger partial charge on any atom is 0.146 e. The third-order valence-electron chi connectivity index (χ3n) is 2.94. The Morgan fingerprint density at radius 3 is 2.35 bits per heavy atom. The summed E-state index contributed by atoms with van der Waals surface area (Å²) in [6.45, 7) is 0.292. The molecule has 0 atom stereocenters. The van der Waals surface area contributed by atoms with Crippen molar-refractivity contribution in [2.24, 2.45) is 0 Å². The quantitative estimate of drug-likeness (QED) is 0.881. The molecule has 2 aromatic rings. The summed E-state index contributed by atoms with van der Waals surface area (Å²) in [5.41, 5.74) is 0.965. The standard InChI is InChI=1S/C15H16FNO3/c1-19-11-5-6-13(16)14(7-11)17-9-10-3-4-12(20-2)8-15(10)18/h3-8,17-18H,9H2,1-2H3. The zero-order valence-electron chi connectivity index (χ0n) is 11.3. The van der Waals surface area contributed by atoms with Gasteiger partial charge in [-0.05, 0) is 24.3 Å². The van der Waals surface area contributed by atoms with Crippen molar-refractivity contribution in [3.8, 4) is 17.2 Å². The first-order valence-electron chi connectivity index (χ1n) is 6.07. The van der Waals surface area contributed by atoms with E-state index in [1.807, 2.05) is 0 Å². The molecular weight excluding hydrogens is 261 g/mol. The molecule has 0 fully saturated rings. The van der Waals surface area contributed by atoms with E-state index in [-0.39, 0.29) is 11.6 Å². The highest BCUT2D eigenvalue weighted by molar-refractivity contribution is 5.51. The molecule has 0 saturated heterocycles. The van der Waals surface area contributed by atoms with Gasteiger partial charge in [-0.25, -0.2) is 4.39 Å². The Labute approximate surface area is 116 Å². The molecule has 0 heterocycles. The first-order chi connectivity index (χ1) is 9.63. The highest BCUT2D eigenvalue weighted by Crippen LogP contribution is 2.26. The number of rotatable bonds is 5. The summed E-state index contributed by atoms with van der Waals surface area (Å²) in [6, 6.07) is 9.41. The number of halogens is 1. The molecule has 5 heteroatoms. The maximum absolute atomic E-state index is 13.6. The second kappa shape index (κ2) is 6.14. The number of methoxy groups -OCH3 is 2. The minimum absolute atomic E-state index is 0.0974. The number of phenols is 1. The van der Waals surface area contributed by atoms with Gasteiger partial charge in [0.05, 0.1) is 19.9 Å². The fraction of sp³-hybridized carbons (Fsp3) is 0.200. The molecule has 2 N–H and O–H groups in total. The smallest absolute Gasteiger partial charge is 0.146 e. The molecule has 0 saturated carbocycles. The van der Waals surface area contributed by atoms with E-state index in [2.05, 4.69) is 5.32 Å². The number of aromatic hydroxyl groups is 1. The van der Waals surface area contributed by atoms with Gasteiger partial charge in [0.1, 0.15) is 23.1 Å². The van der Waals surface area contributed by atoms with Gasteiger partial charge in [-0.2, -0.15) is 0 Å². The van der Waals surface area contributed by atoms with Gasteiger partial charge in [-0.3, -0.25) is 0 Å². The zero-order chi connectivity index (χ0) is 14.5. The van der Waals surface area contributed by atoms with Crippen molar-refractivity contribution in [1.29, 1.82) is 0 Å². The van der Waals surface area contributed by atoms with Crippen molar-refractivity contribution in [3.05, 3.63) is 47.8 Å². The molecule has 20 heavy (non-hydrogen) atoms. The lowest BCUT2D eigenvalue weighted by Gasteiger charge is -2.11. The summed E-state index contributed by atoms with van der Waals surface area (Å²) >= 11 is 0. The molecule has 0 spiro atoms. The van der Waals surface area contributed by atoms with Crippen molar-refractivity contribution in [3.63, 3.8) is 0 Å². The lowest BCUT2D eigenvalue weighted by Crippen LogP contribution is -2.02. The average Bonchev–Trinajstić information content (AvgIpc) is 2.47. The van der Waals surface area contributed by atoms with Crippen LogP contribution in [-0.4, -0.2) is 19.3 Å². The van der Waals surface area contributed by atoms with Crippen LogP contribution in [0.1, 0.15) is 5.56 Å². The normalized spacial score (nSPS) is 10.2. The fourth-order valence-electron chi connectivity index (χ4n) is 1.78. The topological polar surface area (TPSA) is 50.7 Å². The van der Waals surface area contributed by atoms with Crippen LogP contribution in [0.2, 0.25) is 0 Å². The lowest BCUT2D eigenvalue weighted by molar-refractivity contribution is 0.406. The Bertz CT molecular complexity index is 602. The third kappa shape index (κ3) is 3.12. The number of benzene rings is 2. The van der Waals surface area contributed by atoms with Crippen molar-refractivity contribution in [2.75, 3.05) is 19.5 Å². The van der Waals surface area contributed by atoms with Crippen molar-refractivity contribution in [2.45, 2.75) is 6.54 Å². The van der Waals surface area contributed by atoms with E-state index in [1.165, 1.54) is 26.4 Å². The highest BCUT2D eigenvalue weighted by atomic mass is 19.1. The fourth-order valence-corrected chi connectivity index (χ4v) is 1.78. The van der Waals surface area contributed by atoms with E-state index in [9.17, 15) is 9.50 Å². The van der Waals surface area contributed by atoms with E-state index in [0.29, 0.717) is 29.3 Å². The molecule has 0 aromatic heterocycles. The van der Waals surface area contributed by atoms with Gasteiger partial charge in [0.15, 0.2) is 0 Å². The van der Waals surface area contributed by atoms with Gasteiger partial charge in [0, 0.05) is 24.2 Å². The van der Waals surface area contributed by atoms with Crippen molar-refractivity contribution in [1.82, 2.24) is 0 Å². The van der Waals surface area contributed by atoms with Gasteiger partial charge < -0.3 is 19.9 Å². The highest BCUT2D eigenvalue weighted by Gasteiger charge is 2.06. The largest absolute Gasteiger partial charge is 0.507 e. The molecular formula is C15H16FNO3. The molecule has 2 aromatic carbocycles. The molecule has 0 amide bonds. The van der Waals surface area contributed by atoms with Crippen LogP contribution in [-0.2, 0) is 6.54 Å². The number of ether oxygens (including phenoxy) is 2. The van der Waals surface area contributed by atoms with Gasteiger partial charge in [0.25, 0.3) is 0 Å². The van der Waals surface area contributed by atoms with Gasteiger partial charge in [0.2, 0.25) is 0 Å². The minimum atomic E-state index is -0.376. The van der Waals surface area contributed by atoms with Gasteiger partial charge in [-0.15, -0.1) is 0 Å². The van der Waals surface area contributed by atoms with E-state index in [0.717, 1.165) is 0 Å². The summed E-state index contributed by atoms with van der Waals surface area (Å²) in [6.07, 6.45) is 0. The third-order valence-corrected chi connectivity index (χ3v) is 2.94. The molecule has 2 rings (SSSR count). The molecule has 4 nitrogen and oxygen atoms in total. The van der Waals surface area contributed by atoms with Crippen molar-refractivity contribution < 1.29 is 19.0 Å². The van der Waals surface area contributed by atoms with Crippen LogP contribution in [0, 0.1) is 5.82 Å². The number of anilines is 1. The SMILES string of the molecule is COc1ccc(CNc2cc(OC)ccc2F)c(O)c1. The number of hydrogen-bond donors (Lipinski definition) is 2. The van der Waals surface area contributed by atoms with Crippen LogP contribution in [0.4, 0.5) is 10.1 Å². The van der Waals surface area contributed by atoms with Crippen LogP contribution >= 0.6 is 0 Å². The van der Waals surface area contributed by atoms with Crippen LogP contribution in [0.3, 0.4) is 0 Å². The summed E-state index contributed by atoms with van der Waals surface area (Å²) in [5.74, 6) is 0.852. The van der Waals surface area contributed by atoms with Gasteiger partial charge in [-0.1, -0.05) is 0 Å². The monoisotopic (exact) mass is 277 g/mol. The first-order valence-corrected chi connectivity index (χ1v) is 6.07. The minimum Gasteiger partial charge on any atom is -0.507 e. The van der Waals surface area contributed by atoms with Crippen LogP contribution in [0.5, 0.6) is 17.2 Å². The summed E-state index contributed by atoms with van der Waals surface area (Å²) < 4.78 is 23.7. The zero-order valence-corrected chi connectivity index (χ0v) is 11.3. The van der Waals surface area contributed by atoms with E-state index < -0.39 is 0 Å². The Kier molecular flexibility index (Phi) is 4.30. The predicted octanol–water partition coefficient (Wildman–Crippen LogP) is 3.16. The molecule has 0 aliphatic carbocycles. The van der Waals surface area contributed by atoms with E-state index in [4.69, 9.17) is 9.47 Å². The van der Waals surface area contributed by atoms with Crippen molar-refractivity contribution >= 4 is 5.69 Å². The number of hydrogen-bond acceptors (Lipinski definition) is 4. The molecule has 0 aliphatic rings. The van der Waals surface area contributed by atoms with E-state index >= 15 is 0 Å². The molecule has 0 bridgehead atoms.